The highest BCUT2D eigenvalue weighted by atomic mass is 35.5. The van der Waals surface area contributed by atoms with Crippen LogP contribution in [0.1, 0.15) is 41.2 Å². The van der Waals surface area contributed by atoms with Crippen LogP contribution in [0.4, 0.5) is 4.39 Å². The molecule has 1 aliphatic rings. The maximum absolute atomic E-state index is 14.5. The van der Waals surface area contributed by atoms with Gasteiger partial charge in [-0.25, -0.2) is 14.2 Å². The van der Waals surface area contributed by atoms with E-state index in [1.807, 2.05) is 6.07 Å². The third kappa shape index (κ3) is 3.20. The molecule has 1 aliphatic heterocycles. The van der Waals surface area contributed by atoms with Gasteiger partial charge in [0.15, 0.2) is 5.69 Å². The fourth-order valence-electron chi connectivity index (χ4n) is 3.20. The number of aliphatic imine (C=N–C) groups is 1. The molecule has 0 spiro atoms. The van der Waals surface area contributed by atoms with Gasteiger partial charge in [0.25, 0.3) is 0 Å². The monoisotopic (exact) mass is 397 g/mol. The van der Waals surface area contributed by atoms with Gasteiger partial charge in [-0.15, -0.1) is 0 Å². The molecule has 4 rings (SSSR count). The Labute approximate surface area is 166 Å². The Morgan fingerprint density at radius 3 is 2.75 bits per heavy atom. The molecule has 0 radical (unpaired) electrons. The van der Waals surface area contributed by atoms with Crippen LogP contribution in [0.2, 0.25) is 5.02 Å². The first-order chi connectivity index (χ1) is 13.5. The Hall–Kier alpha value is -2.99. The highest BCUT2D eigenvalue weighted by molar-refractivity contribution is 6.31. The van der Waals surface area contributed by atoms with Crippen molar-refractivity contribution in [2.75, 3.05) is 0 Å². The Bertz CT molecular complexity index is 1100. The van der Waals surface area contributed by atoms with Crippen LogP contribution < -0.4 is 0 Å². The van der Waals surface area contributed by atoms with Gasteiger partial charge in [-0.05, 0) is 44.2 Å². The third-order valence-electron chi connectivity index (χ3n) is 4.39. The molecule has 2 heterocycles. The summed E-state index contributed by atoms with van der Waals surface area (Å²) >= 11 is 6.21. The lowest BCUT2D eigenvalue weighted by molar-refractivity contribution is 0.0370. The zero-order valence-electron chi connectivity index (χ0n) is 15.3. The second-order valence-corrected chi connectivity index (χ2v) is 7.11. The van der Waals surface area contributed by atoms with Crippen LogP contribution in [-0.4, -0.2) is 27.3 Å². The van der Waals surface area contributed by atoms with E-state index in [-0.39, 0.29) is 24.2 Å². The first-order valence-electron chi connectivity index (χ1n) is 8.82. The summed E-state index contributed by atoms with van der Waals surface area (Å²) in [5, 5.41) is 0.505. The summed E-state index contributed by atoms with van der Waals surface area (Å²) < 4.78 is 21.6. The van der Waals surface area contributed by atoms with Crippen LogP contribution >= 0.6 is 11.6 Å². The molecular formula is C21H17ClFN3O2. The van der Waals surface area contributed by atoms with Crippen molar-refractivity contribution in [3.63, 3.8) is 0 Å². The number of benzene rings is 2. The van der Waals surface area contributed by atoms with Crippen LogP contribution in [0.5, 0.6) is 0 Å². The zero-order valence-corrected chi connectivity index (χ0v) is 16.1. The topological polar surface area (TPSA) is 56.5 Å². The summed E-state index contributed by atoms with van der Waals surface area (Å²) in [6, 6.07) is 11.7. The fourth-order valence-corrected chi connectivity index (χ4v) is 3.38. The first kappa shape index (κ1) is 18.4. The van der Waals surface area contributed by atoms with E-state index >= 15 is 0 Å². The predicted molar refractivity (Wildman–Crippen MR) is 105 cm³/mol. The molecule has 28 heavy (non-hydrogen) atoms. The number of hydrogen-bond acceptors (Lipinski definition) is 4. The second-order valence-electron chi connectivity index (χ2n) is 6.67. The molecular weight excluding hydrogens is 381 g/mol. The lowest BCUT2D eigenvalue weighted by Gasteiger charge is -2.12. The summed E-state index contributed by atoms with van der Waals surface area (Å²) in [6.45, 7) is 3.70. The molecule has 0 bridgehead atoms. The Balaban J connectivity index is 1.91. The Morgan fingerprint density at radius 1 is 1.21 bits per heavy atom. The molecule has 5 nitrogen and oxygen atoms in total. The quantitative estimate of drug-likeness (QED) is 0.608. The van der Waals surface area contributed by atoms with E-state index in [2.05, 4.69) is 9.98 Å². The number of carbonyl (C=O) groups excluding carboxylic acids is 1. The van der Waals surface area contributed by atoms with Crippen molar-refractivity contribution in [2.24, 2.45) is 4.99 Å². The van der Waals surface area contributed by atoms with E-state index in [0.29, 0.717) is 27.6 Å². The van der Waals surface area contributed by atoms with Gasteiger partial charge in [-0.3, -0.25) is 9.56 Å². The van der Waals surface area contributed by atoms with Crippen molar-refractivity contribution in [1.82, 2.24) is 9.55 Å². The van der Waals surface area contributed by atoms with Crippen LogP contribution in [0, 0.1) is 5.82 Å². The molecule has 3 aromatic rings. The number of carbonyl (C=O) groups is 1. The second kappa shape index (κ2) is 7.20. The van der Waals surface area contributed by atoms with Crippen molar-refractivity contribution in [2.45, 2.75) is 26.5 Å². The van der Waals surface area contributed by atoms with Crippen molar-refractivity contribution in [3.05, 3.63) is 82.1 Å². The summed E-state index contributed by atoms with van der Waals surface area (Å²) in [5.74, 6) is -0.889. The molecule has 0 saturated carbocycles. The Kier molecular flexibility index (Phi) is 4.73. The number of nitrogens with zero attached hydrogens (tertiary/aromatic N) is 3. The van der Waals surface area contributed by atoms with Crippen LogP contribution in [0.15, 0.2) is 53.8 Å². The lowest BCUT2D eigenvalue weighted by atomic mass is 10.00. The predicted octanol–water partition coefficient (Wildman–Crippen LogP) is 4.58. The van der Waals surface area contributed by atoms with Crippen molar-refractivity contribution < 1.29 is 13.9 Å². The minimum Gasteiger partial charge on any atom is -0.458 e. The number of rotatable bonds is 3. The van der Waals surface area contributed by atoms with Crippen molar-refractivity contribution in [1.29, 1.82) is 0 Å². The number of esters is 1. The van der Waals surface area contributed by atoms with E-state index in [9.17, 15) is 9.18 Å². The summed E-state index contributed by atoms with van der Waals surface area (Å²) in [7, 11) is 0. The standard InChI is InChI=1S/C21H17ClFN3O2/c1-12(2)28-21(27)20-18-10-24-19(14-5-3-4-6-16(14)23)15-9-13(22)7-8-17(15)26(18)11-25-20/h3-9,11-12H,10H2,1-2H3. The fraction of sp³-hybridized carbons (Fsp3) is 0.190. The number of imidazole rings is 1. The molecule has 2 aromatic carbocycles. The van der Waals surface area contributed by atoms with Gasteiger partial charge in [0.2, 0.25) is 0 Å². The van der Waals surface area contributed by atoms with Gasteiger partial charge in [0.1, 0.15) is 12.1 Å². The normalized spacial score (nSPS) is 12.8. The Morgan fingerprint density at radius 2 is 2.00 bits per heavy atom. The molecule has 7 heteroatoms. The molecule has 142 valence electrons. The average molecular weight is 398 g/mol. The summed E-state index contributed by atoms with van der Waals surface area (Å²) in [4.78, 5) is 21.3. The van der Waals surface area contributed by atoms with E-state index in [0.717, 1.165) is 5.69 Å². The van der Waals surface area contributed by atoms with Gasteiger partial charge < -0.3 is 4.74 Å². The SMILES string of the molecule is CC(C)OC(=O)c1ncn2c1CN=C(c1ccccc1F)c1cc(Cl)ccc1-2. The molecule has 0 unspecified atom stereocenters. The van der Waals surface area contributed by atoms with Crippen LogP contribution in [-0.2, 0) is 11.3 Å². The highest BCUT2D eigenvalue weighted by Gasteiger charge is 2.26. The van der Waals surface area contributed by atoms with E-state index < -0.39 is 5.97 Å². The largest absolute Gasteiger partial charge is 0.458 e. The van der Waals surface area contributed by atoms with E-state index in [4.69, 9.17) is 16.3 Å². The lowest BCUT2D eigenvalue weighted by Crippen LogP contribution is -2.14. The van der Waals surface area contributed by atoms with E-state index in [1.54, 1.807) is 55.1 Å². The van der Waals surface area contributed by atoms with Gasteiger partial charge in [0.05, 0.1) is 29.7 Å². The maximum atomic E-state index is 14.5. The smallest absolute Gasteiger partial charge is 0.359 e. The molecule has 0 amide bonds. The number of hydrogen-bond donors (Lipinski definition) is 0. The van der Waals surface area contributed by atoms with Crippen molar-refractivity contribution in [3.8, 4) is 5.69 Å². The van der Waals surface area contributed by atoms with Gasteiger partial charge in [-0.2, -0.15) is 0 Å². The number of halogens is 2. The molecule has 0 atom stereocenters. The minimum atomic E-state index is -0.510. The summed E-state index contributed by atoms with van der Waals surface area (Å²) in [5.41, 5.74) is 3.01. The van der Waals surface area contributed by atoms with Crippen LogP contribution in [0.3, 0.4) is 0 Å². The summed E-state index contributed by atoms with van der Waals surface area (Å²) in [6.07, 6.45) is 1.29. The van der Waals surface area contributed by atoms with Crippen LogP contribution in [0.25, 0.3) is 5.69 Å². The van der Waals surface area contributed by atoms with Crippen molar-refractivity contribution >= 4 is 23.3 Å². The molecule has 1 aromatic heterocycles. The average Bonchev–Trinajstić information content (AvgIpc) is 3.00. The molecule has 0 saturated heterocycles. The minimum absolute atomic E-state index is 0.151. The van der Waals surface area contributed by atoms with Gasteiger partial charge in [-0.1, -0.05) is 23.7 Å². The number of fused-ring (bicyclic) bond motifs is 3. The third-order valence-corrected chi connectivity index (χ3v) is 4.63. The number of ether oxygens (including phenoxy) is 1. The first-order valence-corrected chi connectivity index (χ1v) is 9.20. The van der Waals surface area contributed by atoms with Gasteiger partial charge >= 0.3 is 5.97 Å². The highest BCUT2D eigenvalue weighted by Crippen LogP contribution is 2.29. The molecule has 0 N–H and O–H groups in total. The van der Waals surface area contributed by atoms with E-state index in [1.165, 1.54) is 6.07 Å². The molecule has 0 fully saturated rings. The number of aromatic nitrogens is 2. The maximum Gasteiger partial charge on any atom is 0.359 e. The van der Waals surface area contributed by atoms with Gasteiger partial charge in [0, 0.05) is 16.1 Å². The zero-order chi connectivity index (χ0) is 19.8. The molecule has 0 aliphatic carbocycles.